The third kappa shape index (κ3) is 4.17. The van der Waals surface area contributed by atoms with Gasteiger partial charge in [0.1, 0.15) is 0 Å². The van der Waals surface area contributed by atoms with Gasteiger partial charge in [-0.1, -0.05) is 0 Å². The average Bonchev–Trinajstić information content (AvgIpc) is 2.27. The van der Waals surface area contributed by atoms with Crippen LogP contribution in [0, 0.1) is 0 Å². The zero-order valence-electron chi connectivity index (χ0n) is 11.7. The lowest BCUT2D eigenvalue weighted by molar-refractivity contribution is -0.288. The van der Waals surface area contributed by atoms with Crippen molar-refractivity contribution in [1.82, 2.24) is 0 Å². The Hall–Kier alpha value is -1.67. The summed E-state index contributed by atoms with van der Waals surface area (Å²) in [5.74, 6) is -1.96. The summed E-state index contributed by atoms with van der Waals surface area (Å²) >= 11 is 0. The van der Waals surface area contributed by atoms with E-state index in [0.29, 0.717) is 0 Å². The lowest BCUT2D eigenvalue weighted by Gasteiger charge is -2.41. The van der Waals surface area contributed by atoms with Crippen LogP contribution >= 0.6 is 0 Å². The fraction of sp³-hybridized carbons (Fsp3) is 0.750. The Labute approximate surface area is 115 Å². The molecule has 0 saturated carbocycles. The van der Waals surface area contributed by atoms with E-state index in [1.165, 1.54) is 13.8 Å². The molecule has 1 heterocycles. The number of carbonyl (C=O) groups excluding carboxylic acids is 3. The van der Waals surface area contributed by atoms with Crippen molar-refractivity contribution in [2.24, 2.45) is 0 Å². The molecular formula is C12H18O8. The minimum atomic E-state index is -1.48. The third-order valence-electron chi connectivity index (χ3n) is 2.65. The molecular weight excluding hydrogens is 272 g/mol. The highest BCUT2D eigenvalue weighted by Gasteiger charge is 2.49. The molecule has 114 valence electrons. The van der Waals surface area contributed by atoms with E-state index in [-0.39, 0.29) is 0 Å². The lowest BCUT2D eigenvalue weighted by Crippen LogP contribution is -2.60. The summed E-state index contributed by atoms with van der Waals surface area (Å²) in [6.45, 7) is 5.01. The number of hydrogen-bond donors (Lipinski definition) is 1. The molecule has 8 nitrogen and oxygen atoms in total. The highest BCUT2D eigenvalue weighted by atomic mass is 16.7. The summed E-state index contributed by atoms with van der Waals surface area (Å²) in [5.41, 5.74) is 0. The van der Waals surface area contributed by atoms with Gasteiger partial charge in [0.05, 0.1) is 6.10 Å². The second kappa shape index (κ2) is 6.67. The first-order chi connectivity index (χ1) is 9.22. The van der Waals surface area contributed by atoms with Crippen molar-refractivity contribution in [1.29, 1.82) is 0 Å². The van der Waals surface area contributed by atoms with Crippen LogP contribution in [0.25, 0.3) is 0 Å². The van der Waals surface area contributed by atoms with E-state index < -0.39 is 48.6 Å². The normalized spacial score (nSPS) is 33.1. The van der Waals surface area contributed by atoms with Gasteiger partial charge in [0.25, 0.3) is 0 Å². The van der Waals surface area contributed by atoms with Gasteiger partial charge in [-0.3, -0.25) is 14.4 Å². The fourth-order valence-electron chi connectivity index (χ4n) is 1.99. The number of rotatable bonds is 3. The van der Waals surface area contributed by atoms with E-state index in [1.54, 1.807) is 0 Å². The summed E-state index contributed by atoms with van der Waals surface area (Å²) in [6, 6.07) is 0. The lowest BCUT2D eigenvalue weighted by atomic mass is 9.99. The molecule has 1 fully saturated rings. The van der Waals surface area contributed by atoms with Gasteiger partial charge in [-0.05, 0) is 6.92 Å². The van der Waals surface area contributed by atoms with E-state index in [4.69, 9.17) is 18.9 Å². The van der Waals surface area contributed by atoms with Gasteiger partial charge in [0.15, 0.2) is 24.6 Å². The first kappa shape index (κ1) is 16.4. The molecule has 0 bridgehead atoms. The molecule has 0 spiro atoms. The molecule has 1 aliphatic rings. The van der Waals surface area contributed by atoms with Gasteiger partial charge in [-0.15, -0.1) is 0 Å². The van der Waals surface area contributed by atoms with Crippen LogP contribution in [0.5, 0.6) is 0 Å². The van der Waals surface area contributed by atoms with Gasteiger partial charge >= 0.3 is 17.9 Å². The molecule has 1 rings (SSSR count). The van der Waals surface area contributed by atoms with Crippen molar-refractivity contribution in [3.63, 3.8) is 0 Å². The first-order valence-corrected chi connectivity index (χ1v) is 6.07. The maximum absolute atomic E-state index is 11.2. The number of carbonyl (C=O) groups is 3. The Morgan fingerprint density at radius 1 is 0.850 bits per heavy atom. The summed E-state index contributed by atoms with van der Waals surface area (Å²) in [7, 11) is 0. The van der Waals surface area contributed by atoms with E-state index in [1.807, 2.05) is 0 Å². The molecule has 1 unspecified atom stereocenters. The van der Waals surface area contributed by atoms with Crippen LogP contribution in [-0.4, -0.2) is 53.7 Å². The van der Waals surface area contributed by atoms with Crippen LogP contribution in [-0.2, 0) is 33.3 Å². The largest absolute Gasteiger partial charge is 0.456 e. The minimum absolute atomic E-state index is 0.611. The highest BCUT2D eigenvalue weighted by molar-refractivity contribution is 5.68. The third-order valence-corrected chi connectivity index (χ3v) is 2.65. The molecule has 1 saturated heterocycles. The van der Waals surface area contributed by atoms with E-state index in [9.17, 15) is 19.5 Å². The van der Waals surface area contributed by atoms with Crippen LogP contribution in [0.2, 0.25) is 0 Å². The van der Waals surface area contributed by atoms with Crippen molar-refractivity contribution < 1.29 is 38.4 Å². The van der Waals surface area contributed by atoms with E-state index in [2.05, 4.69) is 0 Å². The molecule has 5 atom stereocenters. The quantitative estimate of drug-likeness (QED) is 0.548. The molecule has 0 aromatic carbocycles. The SMILES string of the molecule is CC(=O)O[C@H]1[C@H](OC(C)=O)[C@H](OC(C)=O)C(O)O[C@H]1C. The standard InChI is InChI=1S/C12H18O8/c1-5-9(18-6(2)13)10(19-7(3)14)11(12(16)17-5)20-8(4)15/h5,9-12,16H,1-4H3/t5-,9+,10-,11-,12?/m0/s1. The minimum Gasteiger partial charge on any atom is -0.456 e. The summed E-state index contributed by atoms with van der Waals surface area (Å²) < 4.78 is 20.1. The van der Waals surface area contributed by atoms with Gasteiger partial charge in [0.2, 0.25) is 0 Å². The maximum atomic E-state index is 11.2. The Morgan fingerprint density at radius 2 is 1.25 bits per heavy atom. The Balaban J connectivity index is 3.01. The van der Waals surface area contributed by atoms with Crippen molar-refractivity contribution in [3.8, 4) is 0 Å². The van der Waals surface area contributed by atoms with E-state index in [0.717, 1.165) is 13.8 Å². The first-order valence-electron chi connectivity index (χ1n) is 6.07. The number of esters is 3. The molecule has 1 N–H and O–H groups in total. The fourth-order valence-corrected chi connectivity index (χ4v) is 1.99. The van der Waals surface area contributed by atoms with Gasteiger partial charge < -0.3 is 24.1 Å². The monoisotopic (exact) mass is 290 g/mol. The van der Waals surface area contributed by atoms with Crippen molar-refractivity contribution >= 4 is 17.9 Å². The maximum Gasteiger partial charge on any atom is 0.303 e. The smallest absolute Gasteiger partial charge is 0.303 e. The molecule has 0 aliphatic carbocycles. The van der Waals surface area contributed by atoms with Crippen LogP contribution in [0.1, 0.15) is 27.7 Å². The number of aliphatic hydroxyl groups is 1. The molecule has 0 aromatic heterocycles. The van der Waals surface area contributed by atoms with Crippen LogP contribution in [0.3, 0.4) is 0 Å². The molecule has 1 aliphatic heterocycles. The predicted octanol–water partition coefficient (Wildman–Crippen LogP) is -0.481. The number of hydrogen-bond acceptors (Lipinski definition) is 8. The van der Waals surface area contributed by atoms with Gasteiger partial charge in [-0.25, -0.2) is 0 Å². The van der Waals surface area contributed by atoms with Crippen LogP contribution < -0.4 is 0 Å². The summed E-state index contributed by atoms with van der Waals surface area (Å²) in [5, 5.41) is 9.79. The Bertz CT molecular complexity index is 365. The molecule has 0 aromatic rings. The zero-order chi connectivity index (χ0) is 15.4. The molecule has 20 heavy (non-hydrogen) atoms. The second-order valence-electron chi connectivity index (χ2n) is 4.45. The topological polar surface area (TPSA) is 108 Å². The second-order valence-corrected chi connectivity index (χ2v) is 4.45. The van der Waals surface area contributed by atoms with Crippen molar-refractivity contribution in [2.45, 2.75) is 58.4 Å². The number of aliphatic hydroxyl groups excluding tert-OH is 1. The summed E-state index contributed by atoms with van der Waals surface area (Å²) in [6.07, 6.45) is -5.60. The van der Waals surface area contributed by atoms with E-state index >= 15 is 0 Å². The van der Waals surface area contributed by atoms with Crippen LogP contribution in [0.4, 0.5) is 0 Å². The van der Waals surface area contributed by atoms with Gasteiger partial charge in [0, 0.05) is 20.8 Å². The highest BCUT2D eigenvalue weighted by Crippen LogP contribution is 2.27. The number of ether oxygens (including phenoxy) is 4. The Kier molecular flexibility index (Phi) is 5.46. The van der Waals surface area contributed by atoms with Gasteiger partial charge in [-0.2, -0.15) is 0 Å². The predicted molar refractivity (Wildman–Crippen MR) is 63.2 cm³/mol. The molecule has 8 heteroatoms. The zero-order valence-corrected chi connectivity index (χ0v) is 11.7. The van der Waals surface area contributed by atoms with Crippen molar-refractivity contribution in [3.05, 3.63) is 0 Å². The summed E-state index contributed by atoms with van der Waals surface area (Å²) in [4.78, 5) is 33.3. The van der Waals surface area contributed by atoms with Crippen LogP contribution in [0.15, 0.2) is 0 Å². The molecule has 0 amide bonds. The Morgan fingerprint density at radius 3 is 1.70 bits per heavy atom. The molecule has 0 radical (unpaired) electrons. The average molecular weight is 290 g/mol. The van der Waals surface area contributed by atoms with Crippen molar-refractivity contribution in [2.75, 3.05) is 0 Å².